The quantitative estimate of drug-likeness (QED) is 0.186. The maximum absolute atomic E-state index is 8.50. The van der Waals surface area contributed by atoms with E-state index in [1.165, 1.54) is 0 Å². The predicted molar refractivity (Wildman–Crippen MR) is 157 cm³/mol. The Morgan fingerprint density at radius 2 is 0.605 bits per heavy atom. The van der Waals surface area contributed by atoms with Gasteiger partial charge in [0.2, 0.25) is 0 Å². The molecule has 0 fully saturated rings. The van der Waals surface area contributed by atoms with Crippen LogP contribution in [-0.4, -0.2) is 39.9 Å². The summed E-state index contributed by atoms with van der Waals surface area (Å²) in [5.41, 5.74) is 6.45. The second-order valence-electron chi connectivity index (χ2n) is 9.88. The van der Waals surface area contributed by atoms with Gasteiger partial charge in [-0.3, -0.25) is 0 Å². The van der Waals surface area contributed by atoms with E-state index < -0.39 is 19.1 Å². The van der Waals surface area contributed by atoms with Crippen molar-refractivity contribution in [3.8, 4) is 45.6 Å². The number of fused-ring (bicyclic) bond motifs is 20. The summed E-state index contributed by atoms with van der Waals surface area (Å²) in [5, 5.41) is 3.82. The van der Waals surface area contributed by atoms with E-state index in [2.05, 4.69) is 9.97 Å². The van der Waals surface area contributed by atoms with Crippen molar-refractivity contribution in [2.24, 2.45) is 0 Å². The second kappa shape index (κ2) is 10.1. The van der Waals surface area contributed by atoms with Crippen LogP contribution in [0.25, 0.3) is 89.7 Å². The number of nitrogens with zero attached hydrogens (tertiary/aromatic N) is 6. The molecule has 2 N–H and O–H groups in total. The van der Waals surface area contributed by atoms with E-state index in [9.17, 15) is 0 Å². The monoisotopic (exact) mass is 594 g/mol. The Morgan fingerprint density at radius 1 is 0.372 bits per heavy atom. The van der Waals surface area contributed by atoms with Gasteiger partial charge in [0.25, 0.3) is 0 Å². The number of benzene rings is 4. The average molecular weight is 594 g/mol. The number of nitrogens with one attached hydrogen (secondary N) is 2. The summed E-state index contributed by atoms with van der Waals surface area (Å²) in [6.07, 6.45) is 0. The van der Waals surface area contributed by atoms with E-state index in [4.69, 9.17) is 36.6 Å². The van der Waals surface area contributed by atoms with Crippen molar-refractivity contribution in [2.45, 2.75) is 0 Å². The third-order valence-corrected chi connectivity index (χ3v) is 7.46. The number of hydrogen-bond acceptors (Lipinski definition) is 8. The molecule has 4 aromatic carbocycles. The van der Waals surface area contributed by atoms with Crippen molar-refractivity contribution < 1.29 is 25.7 Å². The van der Waals surface area contributed by atoms with Gasteiger partial charge in [-0.15, -0.1) is 0 Å². The molecule has 8 bridgehead atoms. The molecule has 0 saturated heterocycles. The molecule has 43 heavy (non-hydrogen) atoms. The first-order valence-corrected chi connectivity index (χ1v) is 14.7. The van der Waals surface area contributed by atoms with Crippen LogP contribution in [0.3, 0.4) is 0 Å². The van der Waals surface area contributed by atoms with Crippen LogP contribution in [0.2, 0.25) is 0 Å². The van der Waals surface area contributed by atoms with Gasteiger partial charge in [-0.05, 0) is 0 Å². The standard InChI is InChI=1S/C32H18N8.2O.Ti/c1-2-10-18-17(9-1)25-33-26(18)38-28-21-13-5-6-14-22(21)30(35-28)40-32-24-16-8-7-15-23(24)31(36-32)39-29-20-12-4-3-11-19(20)27(34-29)37-25;;;/h1-16H,(H2,33,34,35,36,37,38,39,40);;;. The Hall–Kier alpha value is -5.45. The van der Waals surface area contributed by atoms with Crippen molar-refractivity contribution in [1.82, 2.24) is 39.9 Å². The van der Waals surface area contributed by atoms with Gasteiger partial charge in [-0.2, -0.15) is 0 Å². The first-order valence-electron chi connectivity index (χ1n) is 13.4. The molecule has 2 aliphatic heterocycles. The van der Waals surface area contributed by atoms with Crippen LogP contribution in [0.1, 0.15) is 0 Å². The summed E-state index contributed by atoms with van der Waals surface area (Å²) < 4.78 is 17.0. The number of aromatic amines is 2. The molecular formula is C32H18N8O2Ti. The van der Waals surface area contributed by atoms with E-state index in [0.717, 1.165) is 43.8 Å². The maximum Gasteiger partial charge on any atom is 0.164 e. The third kappa shape index (κ3) is 4.15. The van der Waals surface area contributed by atoms with Crippen LogP contribution < -0.4 is 0 Å². The zero-order valence-corrected chi connectivity index (χ0v) is 23.8. The van der Waals surface area contributed by atoms with Crippen molar-refractivity contribution in [1.29, 1.82) is 0 Å². The van der Waals surface area contributed by atoms with E-state index in [0.29, 0.717) is 45.9 Å². The summed E-state index contributed by atoms with van der Waals surface area (Å²) in [6.45, 7) is 0. The first kappa shape index (κ1) is 25.3. The number of hydrogen-bond donors (Lipinski definition) is 2. The molecule has 0 amide bonds. The van der Waals surface area contributed by atoms with Gasteiger partial charge in [0.05, 0.1) is 0 Å². The molecule has 3 aromatic heterocycles. The normalized spacial score (nSPS) is 11.3. The van der Waals surface area contributed by atoms with E-state index in [1.807, 2.05) is 97.1 Å². The molecule has 0 aliphatic carbocycles. The summed E-state index contributed by atoms with van der Waals surface area (Å²) >= 11 is -2.00. The van der Waals surface area contributed by atoms with Gasteiger partial charge < -0.3 is 9.97 Å². The fourth-order valence-electron chi connectivity index (χ4n) is 5.59. The Morgan fingerprint density at radius 3 is 0.860 bits per heavy atom. The molecule has 11 heteroatoms. The minimum atomic E-state index is -2.00. The summed E-state index contributed by atoms with van der Waals surface area (Å²) in [5.74, 6) is 2.39. The molecule has 0 radical (unpaired) electrons. The predicted octanol–water partition coefficient (Wildman–Crippen LogP) is 6.63. The largest absolute Gasteiger partial charge is 0.324 e. The molecule has 0 spiro atoms. The van der Waals surface area contributed by atoms with Crippen LogP contribution in [0, 0.1) is 0 Å². The van der Waals surface area contributed by atoms with Gasteiger partial charge in [0.1, 0.15) is 22.6 Å². The summed E-state index contributed by atoms with van der Waals surface area (Å²) in [4.78, 5) is 36.8. The SMILES string of the molecule is [O]=[Ti]=[O].c1ccc2c(c1)-c1nc-2nc2[nH]c(nc3nc(nc4[nH]c(n1)c1ccccc41)-c1ccccc1-3)c1ccccc21. The fraction of sp³-hybridized carbons (Fsp3) is 0. The zero-order chi connectivity index (χ0) is 28.9. The van der Waals surface area contributed by atoms with Crippen LogP contribution in [0.5, 0.6) is 0 Å². The second-order valence-corrected chi connectivity index (χ2v) is 10.1. The van der Waals surface area contributed by atoms with Crippen LogP contribution in [0.4, 0.5) is 0 Å². The Balaban J connectivity index is 0.000000892. The first-order chi connectivity index (χ1) is 21.2. The average Bonchev–Trinajstić information content (AvgIpc) is 3.77. The molecule has 0 unspecified atom stereocenters. The van der Waals surface area contributed by atoms with Gasteiger partial charge in [-0.25, -0.2) is 29.9 Å². The number of H-pyrrole nitrogens is 2. The van der Waals surface area contributed by atoms with Crippen LogP contribution >= 0.6 is 0 Å². The molecular weight excluding hydrogens is 576 g/mol. The van der Waals surface area contributed by atoms with Crippen molar-refractivity contribution in [3.05, 3.63) is 97.1 Å². The molecule has 2 aliphatic rings. The van der Waals surface area contributed by atoms with Crippen molar-refractivity contribution >= 4 is 44.1 Å². The van der Waals surface area contributed by atoms with Crippen LogP contribution in [0.15, 0.2) is 97.1 Å². The van der Waals surface area contributed by atoms with Gasteiger partial charge in [0, 0.05) is 43.8 Å². The summed E-state index contributed by atoms with van der Waals surface area (Å²) in [6, 6.07) is 32.2. The Kier molecular flexibility index (Phi) is 5.95. The van der Waals surface area contributed by atoms with E-state index >= 15 is 0 Å². The van der Waals surface area contributed by atoms with E-state index in [1.54, 1.807) is 0 Å². The van der Waals surface area contributed by atoms with Crippen molar-refractivity contribution in [3.63, 3.8) is 0 Å². The maximum atomic E-state index is 8.50. The van der Waals surface area contributed by atoms with E-state index in [-0.39, 0.29) is 0 Å². The molecule has 5 heterocycles. The molecule has 10 nitrogen and oxygen atoms in total. The van der Waals surface area contributed by atoms with Gasteiger partial charge in [-0.1, -0.05) is 97.1 Å². The summed E-state index contributed by atoms with van der Waals surface area (Å²) in [7, 11) is 0. The van der Waals surface area contributed by atoms with Crippen molar-refractivity contribution in [2.75, 3.05) is 0 Å². The molecule has 9 rings (SSSR count). The number of aromatic nitrogens is 8. The molecule has 0 saturated carbocycles. The topological polar surface area (TPSA) is 143 Å². The molecule has 202 valence electrons. The zero-order valence-electron chi connectivity index (χ0n) is 22.2. The number of rotatable bonds is 0. The molecule has 0 atom stereocenters. The Bertz CT molecular complexity index is 2140. The fourth-order valence-corrected chi connectivity index (χ4v) is 5.59. The third-order valence-electron chi connectivity index (χ3n) is 7.46. The smallest absolute Gasteiger partial charge is 0.164 e. The Labute approximate surface area is 251 Å². The minimum absolute atomic E-state index is 0.597. The minimum Gasteiger partial charge on any atom is -0.324 e. The van der Waals surface area contributed by atoms with Crippen LogP contribution in [-0.2, 0) is 25.7 Å². The van der Waals surface area contributed by atoms with Gasteiger partial charge in [0.15, 0.2) is 23.3 Å². The molecule has 7 aromatic rings. The van der Waals surface area contributed by atoms with Gasteiger partial charge >= 0.3 is 25.7 Å².